The Morgan fingerprint density at radius 2 is 1.76 bits per heavy atom. The number of carbonyl (C=O) groups is 2. The van der Waals surface area contributed by atoms with Gasteiger partial charge in [-0.15, -0.1) is 0 Å². The third kappa shape index (κ3) is 3.50. The summed E-state index contributed by atoms with van der Waals surface area (Å²) in [5.74, 6) is 0.589. The van der Waals surface area contributed by atoms with Crippen molar-refractivity contribution in [2.75, 3.05) is 26.2 Å². The van der Waals surface area contributed by atoms with E-state index in [1.807, 2.05) is 4.90 Å². The molecule has 0 bridgehead atoms. The zero-order valence-electron chi connectivity index (χ0n) is 13.5. The van der Waals surface area contributed by atoms with Gasteiger partial charge < -0.3 is 14.9 Å². The van der Waals surface area contributed by atoms with Crippen LogP contribution in [0.2, 0.25) is 0 Å². The van der Waals surface area contributed by atoms with Crippen molar-refractivity contribution < 1.29 is 14.7 Å². The number of likely N-dealkylation sites (tertiary alicyclic amines) is 2. The van der Waals surface area contributed by atoms with Gasteiger partial charge in [0.1, 0.15) is 0 Å². The fourth-order valence-corrected chi connectivity index (χ4v) is 3.53. The largest absolute Gasteiger partial charge is 0.481 e. The van der Waals surface area contributed by atoms with Gasteiger partial charge in [-0.05, 0) is 44.4 Å². The summed E-state index contributed by atoms with van der Waals surface area (Å²) in [6, 6.07) is 0.0318. The summed E-state index contributed by atoms with van der Waals surface area (Å²) in [5.41, 5.74) is -0.788. The molecule has 2 aliphatic rings. The van der Waals surface area contributed by atoms with Crippen LogP contribution in [0, 0.1) is 17.3 Å². The first-order chi connectivity index (χ1) is 9.83. The van der Waals surface area contributed by atoms with Gasteiger partial charge in [-0.25, -0.2) is 4.79 Å². The van der Waals surface area contributed by atoms with E-state index in [0.717, 1.165) is 32.4 Å². The SMILES string of the molecule is CC(C)C1CCN(C(=O)N2CCCC(C)(C(=O)O)C2)CC1. The lowest BCUT2D eigenvalue weighted by Gasteiger charge is -2.42. The maximum atomic E-state index is 12.6. The van der Waals surface area contributed by atoms with Gasteiger partial charge in [-0.3, -0.25) is 4.79 Å². The predicted octanol–water partition coefficient (Wildman–Crippen LogP) is 2.66. The number of hydrogen-bond acceptors (Lipinski definition) is 2. The first-order valence-corrected chi connectivity index (χ1v) is 8.11. The number of nitrogens with zero attached hydrogens (tertiary/aromatic N) is 2. The van der Waals surface area contributed by atoms with Gasteiger partial charge >= 0.3 is 12.0 Å². The number of amides is 2. The van der Waals surface area contributed by atoms with Crippen LogP contribution in [-0.2, 0) is 4.79 Å². The van der Waals surface area contributed by atoms with Crippen molar-refractivity contribution >= 4 is 12.0 Å². The molecule has 1 atom stereocenters. The molecule has 0 aromatic heterocycles. The zero-order chi connectivity index (χ0) is 15.6. The van der Waals surface area contributed by atoms with Gasteiger partial charge in [0, 0.05) is 26.2 Å². The average Bonchev–Trinajstić information content (AvgIpc) is 2.46. The Balaban J connectivity index is 1.93. The summed E-state index contributed by atoms with van der Waals surface area (Å²) in [7, 11) is 0. The minimum Gasteiger partial charge on any atom is -0.481 e. The van der Waals surface area contributed by atoms with Crippen LogP contribution in [0.3, 0.4) is 0 Å². The third-order valence-electron chi connectivity index (χ3n) is 5.24. The number of carbonyl (C=O) groups excluding carboxylic acids is 1. The van der Waals surface area contributed by atoms with E-state index >= 15 is 0 Å². The Morgan fingerprint density at radius 1 is 1.14 bits per heavy atom. The van der Waals surface area contributed by atoms with Crippen LogP contribution in [0.1, 0.15) is 46.5 Å². The molecule has 0 aliphatic carbocycles. The molecule has 5 heteroatoms. The molecule has 21 heavy (non-hydrogen) atoms. The highest BCUT2D eigenvalue weighted by Crippen LogP contribution is 2.31. The molecule has 2 heterocycles. The minimum absolute atomic E-state index is 0.0318. The molecule has 2 rings (SSSR count). The second kappa shape index (κ2) is 6.24. The molecule has 0 saturated carbocycles. The molecular weight excluding hydrogens is 268 g/mol. The summed E-state index contributed by atoms with van der Waals surface area (Å²) >= 11 is 0. The van der Waals surface area contributed by atoms with Crippen molar-refractivity contribution in [2.24, 2.45) is 17.3 Å². The smallest absolute Gasteiger partial charge is 0.320 e. The molecule has 2 aliphatic heterocycles. The molecule has 120 valence electrons. The maximum Gasteiger partial charge on any atom is 0.320 e. The first-order valence-electron chi connectivity index (χ1n) is 8.11. The molecule has 0 aromatic carbocycles. The van der Waals surface area contributed by atoms with Crippen LogP contribution in [-0.4, -0.2) is 53.1 Å². The first kappa shape index (κ1) is 16.1. The number of aliphatic carboxylic acids is 1. The van der Waals surface area contributed by atoms with Crippen molar-refractivity contribution in [3.8, 4) is 0 Å². The number of hydrogen-bond donors (Lipinski definition) is 1. The van der Waals surface area contributed by atoms with Crippen molar-refractivity contribution in [1.82, 2.24) is 9.80 Å². The van der Waals surface area contributed by atoms with Gasteiger partial charge in [0.05, 0.1) is 5.41 Å². The second-order valence-corrected chi connectivity index (χ2v) is 7.24. The van der Waals surface area contributed by atoms with E-state index in [-0.39, 0.29) is 6.03 Å². The van der Waals surface area contributed by atoms with E-state index < -0.39 is 11.4 Å². The molecule has 1 unspecified atom stereocenters. The van der Waals surface area contributed by atoms with Crippen LogP contribution in [0.5, 0.6) is 0 Å². The molecule has 5 nitrogen and oxygen atoms in total. The van der Waals surface area contributed by atoms with Crippen molar-refractivity contribution in [3.63, 3.8) is 0 Å². The Labute approximate surface area is 127 Å². The van der Waals surface area contributed by atoms with Gasteiger partial charge in [0.25, 0.3) is 0 Å². The standard InChI is InChI=1S/C16H28N2O3/c1-12(2)13-5-9-17(10-6-13)15(21)18-8-4-7-16(3,11-18)14(19)20/h12-13H,4-11H2,1-3H3,(H,19,20). The van der Waals surface area contributed by atoms with Crippen molar-refractivity contribution in [3.05, 3.63) is 0 Å². The Bertz CT molecular complexity index is 402. The number of rotatable bonds is 2. The Morgan fingerprint density at radius 3 is 2.29 bits per heavy atom. The highest BCUT2D eigenvalue weighted by atomic mass is 16.4. The fraction of sp³-hybridized carbons (Fsp3) is 0.875. The summed E-state index contributed by atoms with van der Waals surface area (Å²) < 4.78 is 0. The van der Waals surface area contributed by atoms with E-state index in [1.165, 1.54) is 0 Å². The van der Waals surface area contributed by atoms with Gasteiger partial charge in [-0.2, -0.15) is 0 Å². The molecule has 1 N–H and O–H groups in total. The molecule has 0 aromatic rings. The topological polar surface area (TPSA) is 60.9 Å². The summed E-state index contributed by atoms with van der Waals surface area (Å²) in [5, 5.41) is 9.35. The van der Waals surface area contributed by atoms with E-state index in [9.17, 15) is 14.7 Å². The monoisotopic (exact) mass is 296 g/mol. The second-order valence-electron chi connectivity index (χ2n) is 7.24. The fourth-order valence-electron chi connectivity index (χ4n) is 3.53. The lowest BCUT2D eigenvalue weighted by Crippen LogP contribution is -2.54. The van der Waals surface area contributed by atoms with Crippen molar-refractivity contribution in [2.45, 2.75) is 46.5 Å². The van der Waals surface area contributed by atoms with Gasteiger partial charge in [0.15, 0.2) is 0 Å². The normalized spacial score (nSPS) is 28.0. The third-order valence-corrected chi connectivity index (χ3v) is 5.24. The molecule has 2 saturated heterocycles. The number of piperidine rings is 2. The van der Waals surface area contributed by atoms with Crippen LogP contribution < -0.4 is 0 Å². The molecule has 2 fully saturated rings. The Hall–Kier alpha value is -1.26. The van der Waals surface area contributed by atoms with Crippen LogP contribution in [0.25, 0.3) is 0 Å². The van der Waals surface area contributed by atoms with Crippen LogP contribution in [0.4, 0.5) is 4.79 Å². The van der Waals surface area contributed by atoms with E-state index in [1.54, 1.807) is 11.8 Å². The average molecular weight is 296 g/mol. The van der Waals surface area contributed by atoms with Crippen LogP contribution >= 0.6 is 0 Å². The number of carboxylic acid groups (broad SMARTS) is 1. The molecule has 2 amide bonds. The number of urea groups is 1. The summed E-state index contributed by atoms with van der Waals surface area (Å²) in [4.78, 5) is 27.6. The molecule has 0 spiro atoms. The minimum atomic E-state index is -0.793. The predicted molar refractivity (Wildman–Crippen MR) is 81.1 cm³/mol. The van der Waals surface area contributed by atoms with E-state index in [4.69, 9.17) is 0 Å². The van der Waals surface area contributed by atoms with Gasteiger partial charge in [-0.1, -0.05) is 13.8 Å². The van der Waals surface area contributed by atoms with E-state index in [2.05, 4.69) is 13.8 Å². The summed E-state index contributed by atoms with van der Waals surface area (Å²) in [6.45, 7) is 8.87. The summed E-state index contributed by atoms with van der Waals surface area (Å²) in [6.07, 6.45) is 3.55. The molecule has 0 radical (unpaired) electrons. The highest BCUT2D eigenvalue weighted by molar-refractivity contribution is 5.78. The lowest BCUT2D eigenvalue weighted by atomic mass is 9.82. The maximum absolute atomic E-state index is 12.6. The Kier molecular flexibility index (Phi) is 4.79. The quantitative estimate of drug-likeness (QED) is 0.852. The van der Waals surface area contributed by atoms with Gasteiger partial charge in [0.2, 0.25) is 0 Å². The zero-order valence-corrected chi connectivity index (χ0v) is 13.5. The van der Waals surface area contributed by atoms with E-state index in [0.29, 0.717) is 31.3 Å². The highest BCUT2D eigenvalue weighted by Gasteiger charge is 2.40. The number of carboxylic acids is 1. The van der Waals surface area contributed by atoms with Crippen molar-refractivity contribution in [1.29, 1.82) is 0 Å². The molecular formula is C16H28N2O3. The van der Waals surface area contributed by atoms with Crippen LogP contribution in [0.15, 0.2) is 0 Å². The lowest BCUT2D eigenvalue weighted by molar-refractivity contribution is -0.150.